The number of halogens is 2. The van der Waals surface area contributed by atoms with Crippen LogP contribution in [-0.2, 0) is 11.3 Å². The minimum atomic E-state index is -0.440. The first kappa shape index (κ1) is 18.6. The number of nitrogens with zero attached hydrogens (tertiary/aromatic N) is 1. The molecule has 0 saturated heterocycles. The molecule has 140 valence electrons. The number of benzene rings is 3. The molecule has 1 heterocycles. The molecule has 0 saturated carbocycles. The van der Waals surface area contributed by atoms with E-state index in [2.05, 4.69) is 0 Å². The summed E-state index contributed by atoms with van der Waals surface area (Å²) in [7, 11) is 0. The Morgan fingerprint density at radius 2 is 1.57 bits per heavy atom. The Morgan fingerprint density at radius 1 is 0.857 bits per heavy atom. The molecule has 3 aromatic carbocycles. The van der Waals surface area contributed by atoms with Crippen molar-refractivity contribution < 1.29 is 9.90 Å². The number of aliphatic hydroxyl groups excluding tert-OH is 1. The third-order valence-corrected chi connectivity index (χ3v) is 5.31. The first-order chi connectivity index (χ1) is 13.5. The highest BCUT2D eigenvalue weighted by Gasteiger charge is 2.40. The lowest BCUT2D eigenvalue weighted by Crippen LogP contribution is -2.29. The second-order valence-electron chi connectivity index (χ2n) is 6.65. The fourth-order valence-electron chi connectivity index (χ4n) is 3.54. The van der Waals surface area contributed by atoms with E-state index in [1.807, 2.05) is 60.7 Å². The normalized spacial score (nSPS) is 16.7. The average Bonchev–Trinajstić information content (AvgIpc) is 2.95. The van der Waals surface area contributed by atoms with Crippen molar-refractivity contribution >= 4 is 34.7 Å². The van der Waals surface area contributed by atoms with Crippen LogP contribution in [0.5, 0.6) is 0 Å². The summed E-state index contributed by atoms with van der Waals surface area (Å²) >= 11 is 12.2. The van der Waals surface area contributed by atoms with Crippen molar-refractivity contribution in [3.05, 3.63) is 111 Å². The lowest BCUT2D eigenvalue weighted by atomic mass is 9.93. The molecular formula is C23H17Cl2NO2. The standard InChI is InChI=1S/C23H17Cl2NO2/c24-18-11-9-15(10-12-18)14-26-21(17-7-4-8-19(25)13-17)20(22(27)23(26)28)16-5-2-1-3-6-16/h1-13,21,27H,14H2/t21-/m0/s1. The van der Waals surface area contributed by atoms with Crippen molar-refractivity contribution in [2.75, 3.05) is 0 Å². The van der Waals surface area contributed by atoms with Gasteiger partial charge in [0.2, 0.25) is 0 Å². The monoisotopic (exact) mass is 409 g/mol. The van der Waals surface area contributed by atoms with Crippen molar-refractivity contribution in [2.24, 2.45) is 0 Å². The van der Waals surface area contributed by atoms with Crippen molar-refractivity contribution in [3.8, 4) is 0 Å². The van der Waals surface area contributed by atoms with Crippen LogP contribution in [0.25, 0.3) is 5.57 Å². The quantitative estimate of drug-likeness (QED) is 0.569. The van der Waals surface area contributed by atoms with Gasteiger partial charge in [-0.2, -0.15) is 0 Å². The van der Waals surface area contributed by atoms with Crippen molar-refractivity contribution in [1.82, 2.24) is 4.90 Å². The third kappa shape index (κ3) is 3.51. The molecule has 0 spiro atoms. The Morgan fingerprint density at radius 3 is 2.25 bits per heavy atom. The van der Waals surface area contributed by atoms with E-state index in [9.17, 15) is 9.90 Å². The number of hydrogen-bond acceptors (Lipinski definition) is 2. The zero-order valence-electron chi connectivity index (χ0n) is 14.8. The SMILES string of the molecule is O=C1C(O)=C(c2ccccc2)[C@H](c2cccc(Cl)c2)N1Cc1ccc(Cl)cc1. The van der Waals surface area contributed by atoms with E-state index in [0.717, 1.165) is 16.7 Å². The number of amides is 1. The van der Waals surface area contributed by atoms with Crippen LogP contribution in [0.4, 0.5) is 0 Å². The Bertz CT molecular complexity index is 1050. The number of carbonyl (C=O) groups excluding carboxylic acids is 1. The summed E-state index contributed by atoms with van der Waals surface area (Å²) in [6.45, 7) is 0.341. The summed E-state index contributed by atoms with van der Waals surface area (Å²) in [5.74, 6) is -0.635. The van der Waals surface area contributed by atoms with Crippen molar-refractivity contribution in [3.63, 3.8) is 0 Å². The van der Waals surface area contributed by atoms with Crippen molar-refractivity contribution in [1.29, 1.82) is 0 Å². The van der Waals surface area contributed by atoms with Crippen molar-refractivity contribution in [2.45, 2.75) is 12.6 Å². The Balaban J connectivity index is 1.81. The van der Waals surface area contributed by atoms with Gasteiger partial charge in [0.05, 0.1) is 6.04 Å². The highest BCUT2D eigenvalue weighted by Crippen LogP contribution is 2.44. The molecule has 4 rings (SSSR count). The fourth-order valence-corrected chi connectivity index (χ4v) is 3.86. The smallest absolute Gasteiger partial charge is 0.290 e. The van der Waals surface area contributed by atoms with Crippen LogP contribution in [0.15, 0.2) is 84.6 Å². The molecule has 1 aliphatic heterocycles. The van der Waals surface area contributed by atoms with Gasteiger partial charge in [0.25, 0.3) is 5.91 Å². The van der Waals surface area contributed by atoms with E-state index >= 15 is 0 Å². The number of rotatable bonds is 4. The van der Waals surface area contributed by atoms with Gasteiger partial charge in [-0.3, -0.25) is 4.79 Å². The largest absolute Gasteiger partial charge is 0.503 e. The summed E-state index contributed by atoms with van der Waals surface area (Å²) in [5.41, 5.74) is 3.16. The van der Waals surface area contributed by atoms with E-state index in [1.54, 1.807) is 23.1 Å². The minimum absolute atomic E-state index is 0.231. The zero-order chi connectivity index (χ0) is 19.7. The van der Waals surface area contributed by atoms with Crippen LogP contribution in [0.3, 0.4) is 0 Å². The predicted octanol–water partition coefficient (Wildman–Crippen LogP) is 6.05. The Kier molecular flexibility index (Phi) is 5.12. The number of aliphatic hydroxyl groups is 1. The molecule has 0 fully saturated rings. The molecule has 0 aliphatic carbocycles. The molecule has 0 aromatic heterocycles. The topological polar surface area (TPSA) is 40.5 Å². The molecule has 3 nitrogen and oxygen atoms in total. The maximum absolute atomic E-state index is 13.0. The maximum atomic E-state index is 13.0. The van der Waals surface area contributed by atoms with E-state index in [4.69, 9.17) is 23.2 Å². The van der Waals surface area contributed by atoms with Gasteiger partial charge in [0.15, 0.2) is 5.76 Å². The lowest BCUT2D eigenvalue weighted by Gasteiger charge is -2.27. The van der Waals surface area contributed by atoms with Gasteiger partial charge in [-0.15, -0.1) is 0 Å². The summed E-state index contributed by atoms with van der Waals surface area (Å²) in [4.78, 5) is 14.6. The van der Waals surface area contributed by atoms with Gasteiger partial charge in [-0.05, 0) is 41.0 Å². The molecule has 1 aliphatic rings. The molecule has 5 heteroatoms. The lowest BCUT2D eigenvalue weighted by molar-refractivity contribution is -0.130. The van der Waals surface area contributed by atoms with Crippen LogP contribution in [0, 0.1) is 0 Å². The van der Waals surface area contributed by atoms with E-state index in [-0.39, 0.29) is 5.76 Å². The summed E-state index contributed by atoms with van der Waals surface area (Å²) < 4.78 is 0. The molecule has 0 radical (unpaired) electrons. The first-order valence-electron chi connectivity index (χ1n) is 8.84. The van der Waals surface area contributed by atoms with E-state index < -0.39 is 11.9 Å². The van der Waals surface area contributed by atoms with Gasteiger partial charge >= 0.3 is 0 Å². The van der Waals surface area contributed by atoms with E-state index in [1.165, 1.54) is 0 Å². The number of carbonyl (C=O) groups is 1. The molecular weight excluding hydrogens is 393 g/mol. The minimum Gasteiger partial charge on any atom is -0.503 e. The van der Waals surface area contributed by atoms with Gasteiger partial charge in [-0.1, -0.05) is 77.8 Å². The van der Waals surface area contributed by atoms with Gasteiger partial charge in [-0.25, -0.2) is 0 Å². The predicted molar refractivity (Wildman–Crippen MR) is 112 cm³/mol. The first-order valence-corrected chi connectivity index (χ1v) is 9.59. The molecule has 1 N–H and O–H groups in total. The van der Waals surface area contributed by atoms with Gasteiger partial charge < -0.3 is 10.0 Å². The van der Waals surface area contributed by atoms with Crippen LogP contribution < -0.4 is 0 Å². The van der Waals surface area contributed by atoms with Gasteiger partial charge in [0.1, 0.15) is 0 Å². The van der Waals surface area contributed by atoms with Gasteiger partial charge in [0, 0.05) is 22.2 Å². The van der Waals surface area contributed by atoms with E-state index in [0.29, 0.717) is 22.2 Å². The zero-order valence-corrected chi connectivity index (χ0v) is 16.4. The maximum Gasteiger partial charge on any atom is 0.290 e. The summed E-state index contributed by atoms with van der Waals surface area (Å²) in [5, 5.41) is 12.0. The summed E-state index contributed by atoms with van der Waals surface area (Å²) in [6, 6.07) is 23.7. The second-order valence-corrected chi connectivity index (χ2v) is 7.52. The Hall–Kier alpha value is -2.75. The Labute approximate surface area is 173 Å². The number of hydrogen-bond donors (Lipinski definition) is 1. The molecule has 0 bridgehead atoms. The van der Waals surface area contributed by atoms with Crippen LogP contribution in [-0.4, -0.2) is 15.9 Å². The summed E-state index contributed by atoms with van der Waals surface area (Å²) in [6.07, 6.45) is 0. The fraction of sp³-hybridized carbons (Fsp3) is 0.0870. The third-order valence-electron chi connectivity index (χ3n) is 4.82. The second kappa shape index (κ2) is 7.70. The molecule has 3 aromatic rings. The van der Waals surface area contributed by atoms with Crippen LogP contribution in [0.1, 0.15) is 22.7 Å². The molecule has 1 amide bonds. The van der Waals surface area contributed by atoms with Crippen LogP contribution in [0.2, 0.25) is 10.0 Å². The molecule has 1 atom stereocenters. The highest BCUT2D eigenvalue weighted by atomic mass is 35.5. The molecule has 0 unspecified atom stereocenters. The van der Waals surface area contributed by atoms with Crippen LogP contribution >= 0.6 is 23.2 Å². The highest BCUT2D eigenvalue weighted by molar-refractivity contribution is 6.30. The average molecular weight is 410 g/mol. The molecule has 28 heavy (non-hydrogen) atoms.